The molecule has 0 saturated carbocycles. The fourth-order valence-electron chi connectivity index (χ4n) is 0.396. The smallest absolute Gasteiger partial charge is 0.123 e. The minimum absolute atomic E-state index is 1.13. The third kappa shape index (κ3) is 5.67. The van der Waals surface area contributed by atoms with Crippen molar-refractivity contribution in [2.75, 3.05) is 0 Å². The van der Waals surface area contributed by atoms with Crippen LogP contribution in [0.2, 0.25) is 0 Å². The molecule has 0 aliphatic carbocycles. The molecule has 0 N–H and O–H groups in total. The molecule has 0 nitrogen and oxygen atoms in total. The fraction of sp³-hybridized carbons (Fsp3) is 0.667. The Hall–Kier alpha value is -0.330. The molecule has 0 saturated heterocycles. The van der Waals surface area contributed by atoms with Gasteiger partial charge in [-0.2, -0.15) is 0 Å². The minimum Gasteiger partial charge on any atom is -0.240 e. The molecule has 0 bridgehead atoms. The zero-order valence-electron chi connectivity index (χ0n) is 5.03. The van der Waals surface area contributed by atoms with Crippen molar-refractivity contribution in [3.05, 3.63) is 12.2 Å². The molecular formula is C6H11F. The summed E-state index contributed by atoms with van der Waals surface area (Å²) in [6, 6.07) is 0. The summed E-state index contributed by atoms with van der Waals surface area (Å²) < 4.78 is 12.3. The van der Waals surface area contributed by atoms with Crippen LogP contribution in [0.4, 0.5) is 4.39 Å². The van der Waals surface area contributed by atoms with Crippen molar-refractivity contribution in [3.8, 4) is 0 Å². The van der Waals surface area contributed by atoms with Crippen LogP contribution in [-0.4, -0.2) is 5.67 Å². The van der Waals surface area contributed by atoms with Crippen LogP contribution >= 0.6 is 0 Å². The molecule has 42 valence electrons. The molecule has 0 atom stereocenters. The molecule has 0 radical (unpaired) electrons. The van der Waals surface area contributed by atoms with Gasteiger partial charge in [0.25, 0.3) is 0 Å². The van der Waals surface area contributed by atoms with Gasteiger partial charge in [0.2, 0.25) is 0 Å². The monoisotopic (exact) mass is 102 g/mol. The van der Waals surface area contributed by atoms with Crippen LogP contribution in [-0.2, 0) is 0 Å². The molecule has 1 heteroatoms. The van der Waals surface area contributed by atoms with Crippen LogP contribution in [0.3, 0.4) is 0 Å². The summed E-state index contributed by atoms with van der Waals surface area (Å²) in [6.07, 6.45) is 3.23. The summed E-state index contributed by atoms with van der Waals surface area (Å²) in [4.78, 5) is 0. The Bertz CT molecular complexity index is 66.7. The van der Waals surface area contributed by atoms with Gasteiger partial charge in [-0.15, -0.1) is 0 Å². The first-order chi connectivity index (χ1) is 3.06. The van der Waals surface area contributed by atoms with Gasteiger partial charge in [0.05, 0.1) is 0 Å². The van der Waals surface area contributed by atoms with Crippen molar-refractivity contribution < 1.29 is 4.39 Å². The first kappa shape index (κ1) is 6.67. The minimum atomic E-state index is -1.13. The molecular weight excluding hydrogens is 91.1 g/mol. The van der Waals surface area contributed by atoms with Gasteiger partial charge in [0.1, 0.15) is 5.67 Å². The molecule has 0 spiro atoms. The van der Waals surface area contributed by atoms with Gasteiger partial charge in [0, 0.05) is 0 Å². The molecule has 0 aliphatic heterocycles. The van der Waals surface area contributed by atoms with Crippen LogP contribution in [0, 0.1) is 0 Å². The largest absolute Gasteiger partial charge is 0.240 e. The van der Waals surface area contributed by atoms with Gasteiger partial charge in [-0.1, -0.05) is 12.2 Å². The summed E-state index contributed by atoms with van der Waals surface area (Å²) in [7, 11) is 0. The molecule has 0 fully saturated rings. The van der Waals surface area contributed by atoms with Crippen LogP contribution in [0.5, 0.6) is 0 Å². The highest BCUT2D eigenvalue weighted by Crippen LogP contribution is 2.08. The molecule has 0 unspecified atom stereocenters. The van der Waals surface area contributed by atoms with E-state index >= 15 is 0 Å². The maximum absolute atomic E-state index is 12.3. The molecule has 0 aliphatic rings. The predicted molar refractivity (Wildman–Crippen MR) is 30.0 cm³/mol. The molecule has 7 heavy (non-hydrogen) atoms. The number of alkyl halides is 1. The van der Waals surface area contributed by atoms with E-state index in [0.717, 1.165) is 0 Å². The lowest BCUT2D eigenvalue weighted by atomic mass is 10.2. The third-order valence-corrected chi connectivity index (χ3v) is 0.563. The lowest BCUT2D eigenvalue weighted by molar-refractivity contribution is 0.287. The highest BCUT2D eigenvalue weighted by atomic mass is 19.1. The summed E-state index contributed by atoms with van der Waals surface area (Å²) in [6.45, 7) is 4.85. The van der Waals surface area contributed by atoms with Gasteiger partial charge < -0.3 is 0 Å². The molecule has 0 aromatic carbocycles. The predicted octanol–water partition coefficient (Wildman–Crippen LogP) is 2.31. The third-order valence-electron chi connectivity index (χ3n) is 0.563. The Kier molecular flexibility index (Phi) is 2.00. The Morgan fingerprint density at radius 3 is 1.86 bits per heavy atom. The van der Waals surface area contributed by atoms with Crippen LogP contribution in [0.25, 0.3) is 0 Å². The average Bonchev–Trinajstić information content (AvgIpc) is 1.30. The maximum atomic E-state index is 12.3. The second kappa shape index (κ2) is 2.10. The first-order valence-corrected chi connectivity index (χ1v) is 2.39. The zero-order valence-corrected chi connectivity index (χ0v) is 5.03. The molecule has 0 aromatic rings. The van der Waals surface area contributed by atoms with Crippen molar-refractivity contribution in [1.29, 1.82) is 0 Å². The van der Waals surface area contributed by atoms with Crippen LogP contribution in [0.1, 0.15) is 20.8 Å². The lowest BCUT2D eigenvalue weighted by Crippen LogP contribution is -2.04. The Labute approximate surface area is 44.0 Å². The van der Waals surface area contributed by atoms with E-state index in [2.05, 4.69) is 0 Å². The lowest BCUT2D eigenvalue weighted by Gasteiger charge is -2.04. The van der Waals surface area contributed by atoms with Crippen molar-refractivity contribution in [1.82, 2.24) is 0 Å². The highest BCUT2D eigenvalue weighted by Gasteiger charge is 2.07. The average molecular weight is 102 g/mol. The standard InChI is InChI=1S/C6H11F/c1-4-5-6(2,3)7/h4-5H,1-3H3. The van der Waals surface area contributed by atoms with E-state index in [1.807, 2.05) is 0 Å². The fourth-order valence-corrected chi connectivity index (χ4v) is 0.396. The summed E-state index contributed by atoms with van der Waals surface area (Å²) in [5, 5.41) is 0. The molecule has 0 rings (SSSR count). The number of hydrogen-bond acceptors (Lipinski definition) is 0. The van der Waals surface area contributed by atoms with Gasteiger partial charge >= 0.3 is 0 Å². The van der Waals surface area contributed by atoms with Crippen molar-refractivity contribution in [2.24, 2.45) is 0 Å². The Morgan fingerprint density at radius 1 is 1.43 bits per heavy atom. The molecule has 0 amide bonds. The quantitative estimate of drug-likeness (QED) is 0.446. The van der Waals surface area contributed by atoms with Crippen LogP contribution < -0.4 is 0 Å². The van der Waals surface area contributed by atoms with E-state index in [4.69, 9.17) is 0 Å². The normalized spacial score (nSPS) is 13.1. The van der Waals surface area contributed by atoms with Crippen molar-refractivity contribution in [2.45, 2.75) is 26.4 Å². The van der Waals surface area contributed by atoms with E-state index in [1.165, 1.54) is 19.9 Å². The topological polar surface area (TPSA) is 0 Å². The summed E-state index contributed by atoms with van der Waals surface area (Å²) in [5.74, 6) is 0. The van der Waals surface area contributed by atoms with E-state index < -0.39 is 5.67 Å². The van der Waals surface area contributed by atoms with E-state index in [9.17, 15) is 4.39 Å². The van der Waals surface area contributed by atoms with Gasteiger partial charge in [-0.05, 0) is 20.8 Å². The molecule has 0 aromatic heterocycles. The van der Waals surface area contributed by atoms with E-state index in [-0.39, 0.29) is 0 Å². The zero-order chi connectivity index (χ0) is 5.91. The van der Waals surface area contributed by atoms with Crippen molar-refractivity contribution in [3.63, 3.8) is 0 Å². The number of rotatable bonds is 1. The molecule has 0 heterocycles. The van der Waals surface area contributed by atoms with E-state index in [1.54, 1.807) is 13.0 Å². The second-order valence-electron chi connectivity index (χ2n) is 2.06. The van der Waals surface area contributed by atoms with E-state index in [0.29, 0.717) is 0 Å². The SMILES string of the molecule is CC=CC(C)(C)F. The number of halogens is 1. The number of allylic oxidation sites excluding steroid dienone is 2. The Balaban J connectivity index is 3.56. The highest BCUT2D eigenvalue weighted by molar-refractivity contribution is 4.92. The van der Waals surface area contributed by atoms with Gasteiger partial charge in [0.15, 0.2) is 0 Å². The Morgan fingerprint density at radius 2 is 1.86 bits per heavy atom. The second-order valence-corrected chi connectivity index (χ2v) is 2.06. The number of hydrogen-bond donors (Lipinski definition) is 0. The van der Waals surface area contributed by atoms with Crippen LogP contribution in [0.15, 0.2) is 12.2 Å². The first-order valence-electron chi connectivity index (χ1n) is 2.39. The van der Waals surface area contributed by atoms with Gasteiger partial charge in [-0.3, -0.25) is 0 Å². The van der Waals surface area contributed by atoms with Gasteiger partial charge in [-0.25, -0.2) is 4.39 Å². The summed E-state index contributed by atoms with van der Waals surface area (Å²) in [5.41, 5.74) is -1.13. The maximum Gasteiger partial charge on any atom is 0.123 e. The van der Waals surface area contributed by atoms with Crippen molar-refractivity contribution >= 4 is 0 Å². The summed E-state index contributed by atoms with van der Waals surface area (Å²) >= 11 is 0.